The summed E-state index contributed by atoms with van der Waals surface area (Å²) in [5.74, 6) is 1.77. The third kappa shape index (κ3) is 3.60. The van der Waals surface area contributed by atoms with E-state index in [1.54, 1.807) is 0 Å². The standard InChI is InChI=1S/C11H20/c1-10-6-3-4-7-11(2)9-5-8-10/h3,6,10-11H,4-5,7-9H2,1-2H3. The van der Waals surface area contributed by atoms with E-state index in [0.29, 0.717) is 0 Å². The van der Waals surface area contributed by atoms with E-state index in [4.69, 9.17) is 0 Å². The lowest BCUT2D eigenvalue weighted by molar-refractivity contribution is 0.459. The third-order valence-electron chi connectivity index (χ3n) is 2.65. The SMILES string of the molecule is CC1C=CCCC(C)CCC1. The average molecular weight is 152 g/mol. The number of allylic oxidation sites excluding steroid dienone is 2. The molecule has 0 aromatic rings. The van der Waals surface area contributed by atoms with Gasteiger partial charge in [-0.15, -0.1) is 0 Å². The molecule has 11 heavy (non-hydrogen) atoms. The zero-order valence-corrected chi connectivity index (χ0v) is 7.84. The molecular weight excluding hydrogens is 132 g/mol. The maximum absolute atomic E-state index is 2.39. The molecule has 0 spiro atoms. The summed E-state index contributed by atoms with van der Waals surface area (Å²) in [4.78, 5) is 0. The van der Waals surface area contributed by atoms with Gasteiger partial charge in [-0.2, -0.15) is 0 Å². The normalized spacial score (nSPS) is 34.0. The van der Waals surface area contributed by atoms with Crippen molar-refractivity contribution in [2.45, 2.75) is 46.0 Å². The van der Waals surface area contributed by atoms with Gasteiger partial charge in [0.05, 0.1) is 0 Å². The van der Waals surface area contributed by atoms with Gasteiger partial charge < -0.3 is 0 Å². The van der Waals surface area contributed by atoms with E-state index in [1.165, 1.54) is 32.1 Å². The van der Waals surface area contributed by atoms with Gasteiger partial charge in [-0.05, 0) is 31.1 Å². The van der Waals surface area contributed by atoms with E-state index in [0.717, 1.165) is 11.8 Å². The van der Waals surface area contributed by atoms with Crippen LogP contribution in [0.2, 0.25) is 0 Å². The maximum Gasteiger partial charge on any atom is -0.0262 e. The van der Waals surface area contributed by atoms with Crippen LogP contribution in [0.15, 0.2) is 12.2 Å². The number of hydrogen-bond donors (Lipinski definition) is 0. The first kappa shape index (κ1) is 8.83. The van der Waals surface area contributed by atoms with Crippen molar-refractivity contribution >= 4 is 0 Å². The molecule has 64 valence electrons. The molecule has 0 fully saturated rings. The molecule has 0 aliphatic heterocycles. The van der Waals surface area contributed by atoms with Crippen molar-refractivity contribution in [1.29, 1.82) is 0 Å². The highest BCUT2D eigenvalue weighted by Crippen LogP contribution is 2.20. The summed E-state index contributed by atoms with van der Waals surface area (Å²) >= 11 is 0. The first-order chi connectivity index (χ1) is 5.29. The molecule has 0 bridgehead atoms. The molecule has 1 aliphatic carbocycles. The minimum absolute atomic E-state index is 0.820. The van der Waals surface area contributed by atoms with Crippen LogP contribution < -0.4 is 0 Å². The van der Waals surface area contributed by atoms with E-state index in [-0.39, 0.29) is 0 Å². The third-order valence-corrected chi connectivity index (χ3v) is 2.65. The van der Waals surface area contributed by atoms with E-state index in [9.17, 15) is 0 Å². The molecule has 0 N–H and O–H groups in total. The maximum atomic E-state index is 2.39. The molecule has 0 aromatic carbocycles. The second-order valence-corrected chi connectivity index (χ2v) is 4.02. The van der Waals surface area contributed by atoms with Crippen LogP contribution in [-0.2, 0) is 0 Å². The van der Waals surface area contributed by atoms with Gasteiger partial charge in [0.25, 0.3) is 0 Å². The molecule has 0 aromatic heterocycles. The number of hydrogen-bond acceptors (Lipinski definition) is 0. The molecule has 0 amide bonds. The van der Waals surface area contributed by atoms with Crippen LogP contribution in [0, 0.1) is 11.8 Å². The quantitative estimate of drug-likeness (QED) is 0.463. The van der Waals surface area contributed by atoms with Gasteiger partial charge in [-0.1, -0.05) is 38.8 Å². The van der Waals surface area contributed by atoms with Gasteiger partial charge in [0.15, 0.2) is 0 Å². The van der Waals surface area contributed by atoms with E-state index < -0.39 is 0 Å². The van der Waals surface area contributed by atoms with Crippen LogP contribution in [0.4, 0.5) is 0 Å². The highest BCUT2D eigenvalue weighted by molar-refractivity contribution is 4.87. The van der Waals surface area contributed by atoms with Crippen molar-refractivity contribution in [3.8, 4) is 0 Å². The molecular formula is C11H20. The Hall–Kier alpha value is -0.260. The van der Waals surface area contributed by atoms with Crippen molar-refractivity contribution in [1.82, 2.24) is 0 Å². The fraction of sp³-hybridized carbons (Fsp3) is 0.818. The van der Waals surface area contributed by atoms with Crippen molar-refractivity contribution in [3.63, 3.8) is 0 Å². The summed E-state index contributed by atoms with van der Waals surface area (Å²) in [7, 11) is 0. The largest absolute Gasteiger partial charge is 0.0883 e. The Morgan fingerprint density at radius 2 is 1.91 bits per heavy atom. The minimum atomic E-state index is 0.820. The summed E-state index contributed by atoms with van der Waals surface area (Å²) < 4.78 is 0. The zero-order chi connectivity index (χ0) is 8.10. The van der Waals surface area contributed by atoms with Gasteiger partial charge in [0.2, 0.25) is 0 Å². The molecule has 2 atom stereocenters. The molecule has 0 heterocycles. The minimum Gasteiger partial charge on any atom is -0.0883 e. The number of rotatable bonds is 0. The smallest absolute Gasteiger partial charge is 0.0262 e. The average Bonchev–Trinajstić information content (AvgIpc) is 2.04. The lowest BCUT2D eigenvalue weighted by Crippen LogP contribution is -1.94. The Balaban J connectivity index is 2.35. The molecule has 0 heteroatoms. The van der Waals surface area contributed by atoms with Crippen LogP contribution in [0.1, 0.15) is 46.0 Å². The fourth-order valence-electron chi connectivity index (χ4n) is 1.74. The van der Waals surface area contributed by atoms with Crippen LogP contribution in [0.25, 0.3) is 0 Å². The summed E-state index contributed by atoms with van der Waals surface area (Å²) in [6.45, 7) is 4.70. The van der Waals surface area contributed by atoms with E-state index in [2.05, 4.69) is 26.0 Å². The molecule has 1 aliphatic rings. The van der Waals surface area contributed by atoms with Gasteiger partial charge in [0, 0.05) is 0 Å². The molecule has 0 saturated carbocycles. The van der Waals surface area contributed by atoms with Crippen LogP contribution in [-0.4, -0.2) is 0 Å². The topological polar surface area (TPSA) is 0 Å². The van der Waals surface area contributed by atoms with Gasteiger partial charge in [0.1, 0.15) is 0 Å². The van der Waals surface area contributed by atoms with Crippen molar-refractivity contribution < 1.29 is 0 Å². The summed E-state index contributed by atoms with van der Waals surface area (Å²) in [5.41, 5.74) is 0. The Kier molecular flexibility index (Phi) is 3.68. The van der Waals surface area contributed by atoms with Crippen molar-refractivity contribution in [3.05, 3.63) is 12.2 Å². The molecule has 0 radical (unpaired) electrons. The molecule has 1 rings (SSSR count). The summed E-state index contributed by atoms with van der Waals surface area (Å²) in [5, 5.41) is 0. The summed E-state index contributed by atoms with van der Waals surface area (Å²) in [6, 6.07) is 0. The van der Waals surface area contributed by atoms with Gasteiger partial charge in [-0.3, -0.25) is 0 Å². The molecule has 0 saturated heterocycles. The Labute approximate surface area is 70.7 Å². The molecule has 0 nitrogen and oxygen atoms in total. The van der Waals surface area contributed by atoms with Crippen LogP contribution in [0.3, 0.4) is 0 Å². The predicted octanol–water partition coefficient (Wildman–Crippen LogP) is 3.78. The lowest BCUT2D eigenvalue weighted by Gasteiger charge is -2.08. The first-order valence-electron chi connectivity index (χ1n) is 4.95. The van der Waals surface area contributed by atoms with Crippen molar-refractivity contribution in [2.24, 2.45) is 11.8 Å². The monoisotopic (exact) mass is 152 g/mol. The zero-order valence-electron chi connectivity index (χ0n) is 7.84. The second-order valence-electron chi connectivity index (χ2n) is 4.02. The van der Waals surface area contributed by atoms with Gasteiger partial charge >= 0.3 is 0 Å². The first-order valence-corrected chi connectivity index (χ1v) is 4.95. The van der Waals surface area contributed by atoms with Crippen LogP contribution in [0.5, 0.6) is 0 Å². The summed E-state index contributed by atoms with van der Waals surface area (Å²) in [6.07, 6.45) is 11.7. The Morgan fingerprint density at radius 1 is 1.09 bits per heavy atom. The molecule has 2 unspecified atom stereocenters. The predicted molar refractivity (Wildman–Crippen MR) is 50.6 cm³/mol. The van der Waals surface area contributed by atoms with Crippen molar-refractivity contribution in [2.75, 3.05) is 0 Å². The highest BCUT2D eigenvalue weighted by Gasteiger charge is 2.05. The highest BCUT2D eigenvalue weighted by atomic mass is 14.1. The lowest BCUT2D eigenvalue weighted by atomic mass is 9.98. The second kappa shape index (κ2) is 4.58. The van der Waals surface area contributed by atoms with Gasteiger partial charge in [-0.25, -0.2) is 0 Å². The van der Waals surface area contributed by atoms with E-state index >= 15 is 0 Å². The van der Waals surface area contributed by atoms with Crippen LogP contribution >= 0.6 is 0 Å². The fourth-order valence-corrected chi connectivity index (χ4v) is 1.74. The van der Waals surface area contributed by atoms with E-state index in [1.807, 2.05) is 0 Å². The Bertz CT molecular complexity index is 124. The Morgan fingerprint density at radius 3 is 2.73 bits per heavy atom.